The summed E-state index contributed by atoms with van der Waals surface area (Å²) in [6.07, 6.45) is 1.58. The highest BCUT2D eigenvalue weighted by Gasteiger charge is 2.34. The van der Waals surface area contributed by atoms with Gasteiger partial charge in [-0.1, -0.05) is 47.5 Å². The summed E-state index contributed by atoms with van der Waals surface area (Å²) in [5.41, 5.74) is 2.06. The van der Waals surface area contributed by atoms with E-state index in [0.29, 0.717) is 33.5 Å². The number of methoxy groups -OCH3 is 1. The van der Waals surface area contributed by atoms with E-state index in [2.05, 4.69) is 5.32 Å². The number of benzene rings is 3. The zero-order chi connectivity index (χ0) is 27.9. The van der Waals surface area contributed by atoms with E-state index >= 15 is 0 Å². The van der Waals surface area contributed by atoms with Gasteiger partial charge in [-0.25, -0.2) is 0 Å². The zero-order valence-electron chi connectivity index (χ0n) is 21.0. The lowest BCUT2D eigenvalue weighted by Gasteiger charge is -2.14. The van der Waals surface area contributed by atoms with Crippen molar-refractivity contribution in [1.29, 1.82) is 0 Å². The van der Waals surface area contributed by atoms with Gasteiger partial charge in [-0.05, 0) is 72.3 Å². The second-order valence-corrected chi connectivity index (χ2v) is 10.1. The molecule has 0 aromatic heterocycles. The fourth-order valence-corrected chi connectivity index (χ4v) is 4.85. The Hall–Kier alpha value is -3.66. The van der Waals surface area contributed by atoms with E-state index in [1.165, 1.54) is 7.11 Å². The summed E-state index contributed by atoms with van der Waals surface area (Å²) in [5, 5.41) is 3.12. The minimum absolute atomic E-state index is 0.0877. The first-order valence-electron chi connectivity index (χ1n) is 11.7. The predicted octanol–water partition coefficient (Wildman–Crippen LogP) is 6.44. The smallest absolute Gasteiger partial charge is 0.293 e. The lowest BCUT2D eigenvalue weighted by Crippen LogP contribution is -2.32. The summed E-state index contributed by atoms with van der Waals surface area (Å²) in [7, 11) is 1.54. The molecule has 1 heterocycles. The lowest BCUT2D eigenvalue weighted by atomic mass is 10.2. The highest BCUT2D eigenvalue weighted by atomic mass is 35.5. The fraction of sp³-hybridized carbons (Fsp3) is 0.179. The molecule has 39 heavy (non-hydrogen) atoms. The van der Waals surface area contributed by atoms with Crippen molar-refractivity contribution in [2.24, 2.45) is 0 Å². The summed E-state index contributed by atoms with van der Waals surface area (Å²) in [6, 6.07) is 17.2. The van der Waals surface area contributed by atoms with Gasteiger partial charge in [0.15, 0.2) is 18.1 Å². The number of nitrogens with zero attached hydrogens (tertiary/aromatic N) is 1. The van der Waals surface area contributed by atoms with E-state index in [-0.39, 0.29) is 40.8 Å². The first-order chi connectivity index (χ1) is 18.7. The van der Waals surface area contributed by atoms with E-state index in [4.69, 9.17) is 37.4 Å². The Morgan fingerprint density at radius 3 is 2.46 bits per heavy atom. The van der Waals surface area contributed by atoms with Crippen molar-refractivity contribution in [2.75, 3.05) is 32.2 Å². The summed E-state index contributed by atoms with van der Waals surface area (Å²) >= 11 is 13.3. The highest BCUT2D eigenvalue weighted by molar-refractivity contribution is 8.18. The molecule has 1 aliphatic rings. The number of para-hydroxylation sites is 2. The van der Waals surface area contributed by atoms with Crippen molar-refractivity contribution >= 4 is 63.8 Å². The Bertz CT molecular complexity index is 1450. The van der Waals surface area contributed by atoms with Crippen LogP contribution in [0.2, 0.25) is 10.0 Å². The van der Waals surface area contributed by atoms with Crippen LogP contribution in [0.5, 0.6) is 17.2 Å². The summed E-state index contributed by atoms with van der Waals surface area (Å²) in [4.78, 5) is 38.9. The first kappa shape index (κ1) is 28.4. The maximum absolute atomic E-state index is 12.8. The van der Waals surface area contributed by atoms with Crippen molar-refractivity contribution in [3.63, 3.8) is 0 Å². The van der Waals surface area contributed by atoms with Gasteiger partial charge in [-0.2, -0.15) is 0 Å². The van der Waals surface area contributed by atoms with Gasteiger partial charge in [0.1, 0.15) is 12.4 Å². The number of anilines is 1. The highest BCUT2D eigenvalue weighted by Crippen LogP contribution is 2.34. The molecular weight excluding hydrogens is 563 g/mol. The van der Waals surface area contributed by atoms with E-state index in [1.807, 2.05) is 13.0 Å². The molecule has 0 bridgehead atoms. The van der Waals surface area contributed by atoms with E-state index in [0.717, 1.165) is 22.2 Å². The Kier molecular flexibility index (Phi) is 9.40. The van der Waals surface area contributed by atoms with Crippen LogP contribution in [0.25, 0.3) is 6.08 Å². The average molecular weight is 587 g/mol. The van der Waals surface area contributed by atoms with Crippen molar-refractivity contribution < 1.29 is 28.6 Å². The number of amides is 3. The van der Waals surface area contributed by atoms with Crippen LogP contribution in [0.4, 0.5) is 10.5 Å². The third-order valence-corrected chi connectivity index (χ3v) is 7.19. The molecule has 3 amide bonds. The Morgan fingerprint density at radius 1 is 0.974 bits per heavy atom. The Morgan fingerprint density at radius 2 is 1.74 bits per heavy atom. The van der Waals surface area contributed by atoms with Crippen LogP contribution in [-0.2, 0) is 9.59 Å². The average Bonchev–Trinajstić information content (AvgIpc) is 3.18. The first-order valence-corrected chi connectivity index (χ1v) is 13.3. The molecule has 3 aromatic rings. The number of imide groups is 1. The van der Waals surface area contributed by atoms with Crippen molar-refractivity contribution in [3.05, 3.63) is 86.7 Å². The minimum Gasteiger partial charge on any atom is -0.493 e. The quantitative estimate of drug-likeness (QED) is 0.273. The van der Waals surface area contributed by atoms with Crippen LogP contribution in [0.1, 0.15) is 11.1 Å². The minimum atomic E-state index is -0.419. The number of halogens is 2. The van der Waals surface area contributed by atoms with Crippen LogP contribution in [0.15, 0.2) is 65.6 Å². The summed E-state index contributed by atoms with van der Waals surface area (Å²) in [6.45, 7) is 1.81. The van der Waals surface area contributed by atoms with Crippen LogP contribution in [-0.4, -0.2) is 48.8 Å². The van der Waals surface area contributed by atoms with Crippen LogP contribution in [0.3, 0.4) is 0 Å². The van der Waals surface area contributed by atoms with Crippen molar-refractivity contribution in [2.45, 2.75) is 6.92 Å². The van der Waals surface area contributed by atoms with Crippen molar-refractivity contribution in [1.82, 2.24) is 4.90 Å². The predicted molar refractivity (Wildman–Crippen MR) is 153 cm³/mol. The molecule has 1 saturated heterocycles. The number of aryl methyl sites for hydroxylation is 1. The second kappa shape index (κ2) is 12.9. The van der Waals surface area contributed by atoms with Gasteiger partial charge >= 0.3 is 0 Å². The molecule has 202 valence electrons. The summed E-state index contributed by atoms with van der Waals surface area (Å²) in [5.74, 6) is 0.591. The maximum atomic E-state index is 12.8. The second-order valence-electron chi connectivity index (χ2n) is 8.32. The molecule has 0 unspecified atom stereocenters. The Labute approximate surface area is 239 Å². The standard InChI is InChI=1S/C28H24Cl2N2O6S/c1-17-7-9-19(15-20(17)29)31-26(33)16-38-22-10-8-18(13-21(22)30)14-25-27(34)32(28(35)39-25)11-12-37-24-6-4-3-5-23(24)36-2/h3-10,13-15H,11-12,16H2,1-2H3,(H,31,33)/b25-14-. The molecule has 0 aliphatic carbocycles. The van der Waals surface area contributed by atoms with Gasteiger partial charge in [-0.15, -0.1) is 0 Å². The molecule has 0 radical (unpaired) electrons. The number of thioether (sulfide) groups is 1. The molecule has 0 atom stereocenters. The maximum Gasteiger partial charge on any atom is 0.293 e. The molecule has 1 N–H and O–H groups in total. The largest absolute Gasteiger partial charge is 0.493 e. The molecule has 8 nitrogen and oxygen atoms in total. The van der Waals surface area contributed by atoms with Crippen molar-refractivity contribution in [3.8, 4) is 17.2 Å². The lowest BCUT2D eigenvalue weighted by molar-refractivity contribution is -0.123. The van der Waals surface area contributed by atoms with E-state index < -0.39 is 5.91 Å². The number of hydrogen-bond acceptors (Lipinski definition) is 7. The van der Waals surface area contributed by atoms with E-state index in [9.17, 15) is 14.4 Å². The normalized spacial score (nSPS) is 14.1. The van der Waals surface area contributed by atoms with Crippen LogP contribution >= 0.6 is 35.0 Å². The van der Waals surface area contributed by atoms with Gasteiger partial charge < -0.3 is 19.5 Å². The number of rotatable bonds is 10. The molecule has 0 saturated carbocycles. The van der Waals surface area contributed by atoms with Crippen LogP contribution in [0, 0.1) is 6.92 Å². The van der Waals surface area contributed by atoms with Gasteiger partial charge in [-0.3, -0.25) is 19.3 Å². The molecule has 1 fully saturated rings. The number of carbonyl (C=O) groups is 3. The number of ether oxygens (including phenoxy) is 3. The van der Waals surface area contributed by atoms with Crippen LogP contribution < -0.4 is 19.5 Å². The zero-order valence-corrected chi connectivity index (χ0v) is 23.4. The van der Waals surface area contributed by atoms with Gasteiger partial charge in [0.05, 0.1) is 23.6 Å². The third-order valence-electron chi connectivity index (χ3n) is 5.58. The van der Waals surface area contributed by atoms with Gasteiger partial charge in [0.2, 0.25) is 0 Å². The van der Waals surface area contributed by atoms with E-state index in [1.54, 1.807) is 60.7 Å². The molecule has 11 heteroatoms. The van der Waals surface area contributed by atoms with Gasteiger partial charge in [0.25, 0.3) is 17.1 Å². The molecule has 1 aliphatic heterocycles. The Balaban J connectivity index is 1.32. The molecule has 4 rings (SSSR count). The molecular formula is C28H24Cl2N2O6S. The fourth-order valence-electron chi connectivity index (χ4n) is 3.56. The third kappa shape index (κ3) is 7.26. The van der Waals surface area contributed by atoms with Gasteiger partial charge in [0, 0.05) is 10.7 Å². The summed E-state index contributed by atoms with van der Waals surface area (Å²) < 4.78 is 16.5. The molecule has 3 aromatic carbocycles. The topological polar surface area (TPSA) is 94.2 Å². The SMILES string of the molecule is COc1ccccc1OCCN1C(=O)S/C(=C\c2ccc(OCC(=O)Nc3ccc(C)c(Cl)c3)c(Cl)c2)C1=O. The number of hydrogen-bond donors (Lipinski definition) is 1. The number of carbonyl (C=O) groups excluding carboxylic acids is 3. The monoisotopic (exact) mass is 586 g/mol. The number of nitrogens with one attached hydrogen (secondary N) is 1. The molecule has 0 spiro atoms.